The molecule has 0 amide bonds. The second-order valence-corrected chi connectivity index (χ2v) is 6.54. The number of halogens is 1. The van der Waals surface area contributed by atoms with E-state index in [1.54, 1.807) is 12.1 Å². The third-order valence-electron chi connectivity index (χ3n) is 4.33. The Balaban J connectivity index is 1.80. The van der Waals surface area contributed by atoms with Crippen LogP contribution >= 0.6 is 0 Å². The van der Waals surface area contributed by atoms with E-state index in [-0.39, 0.29) is 11.4 Å². The van der Waals surface area contributed by atoms with Crippen LogP contribution in [0.15, 0.2) is 18.2 Å². The fourth-order valence-corrected chi connectivity index (χ4v) is 3.03. The Kier molecular flexibility index (Phi) is 3.25. The van der Waals surface area contributed by atoms with Gasteiger partial charge in [-0.25, -0.2) is 4.39 Å². The summed E-state index contributed by atoms with van der Waals surface area (Å²) >= 11 is 0. The zero-order valence-electron chi connectivity index (χ0n) is 11.9. The third kappa shape index (κ3) is 2.92. The molecule has 1 aromatic rings. The van der Waals surface area contributed by atoms with Crippen LogP contribution in [0.2, 0.25) is 0 Å². The van der Waals surface area contributed by atoms with Crippen molar-refractivity contribution < 1.29 is 4.39 Å². The fourth-order valence-electron chi connectivity index (χ4n) is 3.03. The van der Waals surface area contributed by atoms with Gasteiger partial charge in [-0.15, -0.1) is 0 Å². The number of rotatable bonds is 4. The quantitative estimate of drug-likeness (QED) is 0.894. The number of nitrogens with one attached hydrogen (secondary N) is 1. The average Bonchev–Trinajstić information content (AvgIpc) is 3.09. The van der Waals surface area contributed by atoms with Gasteiger partial charge in [0.1, 0.15) is 5.82 Å². The lowest BCUT2D eigenvalue weighted by Crippen LogP contribution is -2.38. The minimum Gasteiger partial charge on any atom is -0.366 e. The monoisotopic (exact) mass is 262 g/mol. The first kappa shape index (κ1) is 12.9. The highest BCUT2D eigenvalue weighted by Crippen LogP contribution is 2.34. The molecule has 3 heteroatoms. The van der Waals surface area contributed by atoms with Gasteiger partial charge in [-0.05, 0) is 63.3 Å². The standard InChI is InChI=1S/C16H23FN2/c1-16(2)6-3-7-19(16)15-9-12(8-13(17)10-15)11-18-14-4-5-14/h8-10,14,18H,3-7,11H2,1-2H3. The van der Waals surface area contributed by atoms with Crippen LogP contribution in [0.25, 0.3) is 0 Å². The van der Waals surface area contributed by atoms with Gasteiger partial charge in [0, 0.05) is 30.4 Å². The Bertz CT molecular complexity index is 466. The minimum absolute atomic E-state index is 0.118. The maximum absolute atomic E-state index is 13.8. The van der Waals surface area contributed by atoms with Crippen LogP contribution in [0, 0.1) is 5.82 Å². The number of anilines is 1. The summed E-state index contributed by atoms with van der Waals surface area (Å²) in [5.41, 5.74) is 2.24. The lowest BCUT2D eigenvalue weighted by atomic mass is 10.0. The average molecular weight is 262 g/mol. The highest BCUT2D eigenvalue weighted by molar-refractivity contribution is 5.52. The Hall–Kier alpha value is -1.09. The Labute approximate surface area is 115 Å². The second-order valence-electron chi connectivity index (χ2n) is 6.54. The highest BCUT2D eigenvalue weighted by atomic mass is 19.1. The summed E-state index contributed by atoms with van der Waals surface area (Å²) in [6, 6.07) is 6.14. The first-order valence-electron chi connectivity index (χ1n) is 7.35. The molecule has 2 nitrogen and oxygen atoms in total. The molecule has 0 spiro atoms. The van der Waals surface area contributed by atoms with Crippen molar-refractivity contribution in [3.8, 4) is 0 Å². The molecule has 0 aromatic heterocycles. The van der Waals surface area contributed by atoms with Gasteiger partial charge in [-0.3, -0.25) is 0 Å². The molecular formula is C16H23FN2. The topological polar surface area (TPSA) is 15.3 Å². The van der Waals surface area contributed by atoms with E-state index in [0.717, 1.165) is 24.3 Å². The smallest absolute Gasteiger partial charge is 0.125 e. The lowest BCUT2D eigenvalue weighted by molar-refractivity contribution is 0.516. The fraction of sp³-hybridized carbons (Fsp3) is 0.625. The molecule has 1 N–H and O–H groups in total. The summed E-state index contributed by atoms with van der Waals surface area (Å²) in [6.45, 7) is 6.30. The highest BCUT2D eigenvalue weighted by Gasteiger charge is 2.32. The molecule has 1 aliphatic heterocycles. The minimum atomic E-state index is -0.118. The van der Waals surface area contributed by atoms with Gasteiger partial charge in [-0.1, -0.05) is 0 Å². The summed E-state index contributed by atoms with van der Waals surface area (Å²) in [5.74, 6) is -0.118. The van der Waals surface area contributed by atoms with Gasteiger partial charge < -0.3 is 10.2 Å². The van der Waals surface area contributed by atoms with E-state index in [9.17, 15) is 4.39 Å². The normalized spacial score (nSPS) is 21.9. The zero-order chi connectivity index (χ0) is 13.5. The van der Waals surface area contributed by atoms with Crippen LogP contribution in [-0.2, 0) is 6.54 Å². The second kappa shape index (κ2) is 4.78. The van der Waals surface area contributed by atoms with Gasteiger partial charge in [0.05, 0.1) is 0 Å². The summed E-state index contributed by atoms with van der Waals surface area (Å²) in [7, 11) is 0. The molecule has 1 saturated carbocycles. The summed E-state index contributed by atoms with van der Waals surface area (Å²) in [5, 5.41) is 3.45. The van der Waals surface area contributed by atoms with Crippen molar-refractivity contribution in [1.82, 2.24) is 5.32 Å². The molecule has 1 aliphatic carbocycles. The van der Waals surface area contributed by atoms with Crippen molar-refractivity contribution in [3.63, 3.8) is 0 Å². The predicted molar refractivity (Wildman–Crippen MR) is 76.9 cm³/mol. The number of benzene rings is 1. The molecule has 0 unspecified atom stereocenters. The van der Waals surface area contributed by atoms with Crippen molar-refractivity contribution in [1.29, 1.82) is 0 Å². The summed E-state index contributed by atoms with van der Waals surface area (Å²) in [6.07, 6.45) is 4.90. The van der Waals surface area contributed by atoms with E-state index in [0.29, 0.717) is 6.04 Å². The molecular weight excluding hydrogens is 239 g/mol. The molecule has 1 heterocycles. The third-order valence-corrected chi connectivity index (χ3v) is 4.33. The number of nitrogens with zero attached hydrogens (tertiary/aromatic N) is 1. The maximum Gasteiger partial charge on any atom is 0.125 e. The Morgan fingerprint density at radius 1 is 1.32 bits per heavy atom. The van der Waals surface area contributed by atoms with E-state index in [2.05, 4.69) is 30.1 Å². The number of hydrogen-bond donors (Lipinski definition) is 1. The van der Waals surface area contributed by atoms with Crippen LogP contribution in [0.1, 0.15) is 45.1 Å². The van der Waals surface area contributed by atoms with Gasteiger partial charge in [0.15, 0.2) is 0 Å². The van der Waals surface area contributed by atoms with Crippen LogP contribution in [-0.4, -0.2) is 18.1 Å². The van der Waals surface area contributed by atoms with Gasteiger partial charge in [-0.2, -0.15) is 0 Å². The van der Waals surface area contributed by atoms with Crippen molar-refractivity contribution >= 4 is 5.69 Å². The SMILES string of the molecule is CC1(C)CCCN1c1cc(F)cc(CNC2CC2)c1. The molecule has 1 saturated heterocycles. The van der Waals surface area contributed by atoms with Gasteiger partial charge >= 0.3 is 0 Å². The molecule has 0 atom stereocenters. The van der Waals surface area contributed by atoms with E-state index >= 15 is 0 Å². The van der Waals surface area contributed by atoms with Crippen LogP contribution in [0.5, 0.6) is 0 Å². The van der Waals surface area contributed by atoms with E-state index < -0.39 is 0 Å². The molecule has 3 rings (SSSR count). The molecule has 0 radical (unpaired) electrons. The Morgan fingerprint density at radius 2 is 2.11 bits per heavy atom. The van der Waals surface area contributed by atoms with Gasteiger partial charge in [0.25, 0.3) is 0 Å². The Morgan fingerprint density at radius 3 is 2.74 bits per heavy atom. The predicted octanol–water partition coefficient (Wildman–Crippen LogP) is 3.46. The molecule has 104 valence electrons. The molecule has 19 heavy (non-hydrogen) atoms. The van der Waals surface area contributed by atoms with Crippen LogP contribution < -0.4 is 10.2 Å². The van der Waals surface area contributed by atoms with Crippen LogP contribution in [0.3, 0.4) is 0 Å². The summed E-state index contributed by atoms with van der Waals surface area (Å²) in [4.78, 5) is 2.34. The van der Waals surface area contributed by atoms with E-state index in [1.165, 1.54) is 25.7 Å². The first-order valence-corrected chi connectivity index (χ1v) is 7.35. The first-order chi connectivity index (χ1) is 9.04. The molecule has 2 aliphatic rings. The molecule has 1 aromatic carbocycles. The molecule has 2 fully saturated rings. The van der Waals surface area contributed by atoms with Crippen molar-refractivity contribution in [2.24, 2.45) is 0 Å². The van der Waals surface area contributed by atoms with E-state index in [1.807, 2.05) is 0 Å². The molecule has 0 bridgehead atoms. The zero-order valence-corrected chi connectivity index (χ0v) is 11.9. The van der Waals surface area contributed by atoms with Gasteiger partial charge in [0.2, 0.25) is 0 Å². The van der Waals surface area contributed by atoms with Crippen LogP contribution in [0.4, 0.5) is 10.1 Å². The largest absolute Gasteiger partial charge is 0.366 e. The van der Waals surface area contributed by atoms with E-state index in [4.69, 9.17) is 0 Å². The summed E-state index contributed by atoms with van der Waals surface area (Å²) < 4.78 is 13.8. The van der Waals surface area contributed by atoms with Crippen molar-refractivity contribution in [2.45, 2.75) is 57.7 Å². The van der Waals surface area contributed by atoms with Crippen molar-refractivity contribution in [2.75, 3.05) is 11.4 Å². The lowest BCUT2D eigenvalue weighted by Gasteiger charge is -2.34. The maximum atomic E-state index is 13.8. The number of hydrogen-bond acceptors (Lipinski definition) is 2. The van der Waals surface area contributed by atoms with Crippen molar-refractivity contribution in [3.05, 3.63) is 29.6 Å².